The average molecular weight is 154 g/mol. The summed E-state index contributed by atoms with van der Waals surface area (Å²) in [6, 6.07) is 0.641. The molecule has 1 heterocycles. The quantitative estimate of drug-likeness (QED) is 0.596. The molecule has 2 unspecified atom stereocenters. The SMILES string of the molecule is CC1CC(C[C]=O)CCN1C. The maximum absolute atomic E-state index is 10.1. The minimum absolute atomic E-state index is 0.596. The van der Waals surface area contributed by atoms with E-state index in [0.717, 1.165) is 19.4 Å². The number of piperidine rings is 1. The molecule has 0 bridgehead atoms. The van der Waals surface area contributed by atoms with E-state index in [1.54, 1.807) is 0 Å². The summed E-state index contributed by atoms with van der Waals surface area (Å²) in [7, 11) is 2.14. The first-order valence-electron chi connectivity index (χ1n) is 4.29. The molecule has 1 rings (SSSR count). The molecule has 2 atom stereocenters. The van der Waals surface area contributed by atoms with Gasteiger partial charge in [0.25, 0.3) is 0 Å². The van der Waals surface area contributed by atoms with Gasteiger partial charge in [0.2, 0.25) is 0 Å². The standard InChI is InChI=1S/C9H16NO/c1-8-7-9(4-6-11)3-5-10(8)2/h8-9H,3-5,7H2,1-2H3. The fraction of sp³-hybridized carbons (Fsp3) is 0.889. The van der Waals surface area contributed by atoms with E-state index < -0.39 is 0 Å². The normalized spacial score (nSPS) is 33.6. The molecule has 1 aliphatic rings. The molecule has 0 aliphatic carbocycles. The van der Waals surface area contributed by atoms with E-state index in [0.29, 0.717) is 18.4 Å². The second-order valence-corrected chi connectivity index (χ2v) is 3.57. The predicted molar refractivity (Wildman–Crippen MR) is 45.1 cm³/mol. The second kappa shape index (κ2) is 3.86. The van der Waals surface area contributed by atoms with Gasteiger partial charge in [0.1, 0.15) is 0 Å². The van der Waals surface area contributed by atoms with Gasteiger partial charge >= 0.3 is 0 Å². The van der Waals surface area contributed by atoms with Crippen LogP contribution in [0.15, 0.2) is 0 Å². The van der Waals surface area contributed by atoms with Crippen LogP contribution in [-0.4, -0.2) is 30.8 Å². The molecule has 1 fully saturated rings. The Hall–Kier alpha value is -0.370. The lowest BCUT2D eigenvalue weighted by Crippen LogP contribution is -2.37. The van der Waals surface area contributed by atoms with Crippen LogP contribution >= 0.6 is 0 Å². The van der Waals surface area contributed by atoms with E-state index >= 15 is 0 Å². The molecular formula is C9H16NO. The van der Waals surface area contributed by atoms with Crippen LogP contribution in [0.2, 0.25) is 0 Å². The lowest BCUT2D eigenvalue weighted by atomic mass is 9.90. The zero-order valence-corrected chi connectivity index (χ0v) is 7.34. The zero-order valence-electron chi connectivity index (χ0n) is 7.34. The first kappa shape index (κ1) is 8.72. The summed E-state index contributed by atoms with van der Waals surface area (Å²) < 4.78 is 0. The summed E-state index contributed by atoms with van der Waals surface area (Å²) >= 11 is 0. The van der Waals surface area contributed by atoms with Crippen LogP contribution in [0.4, 0.5) is 0 Å². The maximum atomic E-state index is 10.1. The van der Waals surface area contributed by atoms with Gasteiger partial charge in [0.15, 0.2) is 6.29 Å². The first-order chi connectivity index (χ1) is 5.24. The van der Waals surface area contributed by atoms with Crippen molar-refractivity contribution in [3.63, 3.8) is 0 Å². The maximum Gasteiger partial charge on any atom is 0.198 e. The Morgan fingerprint density at radius 3 is 2.91 bits per heavy atom. The van der Waals surface area contributed by atoms with Crippen LogP contribution in [0.1, 0.15) is 26.2 Å². The van der Waals surface area contributed by atoms with Gasteiger partial charge in [-0.2, -0.15) is 0 Å². The van der Waals surface area contributed by atoms with Crippen LogP contribution in [0.25, 0.3) is 0 Å². The summed E-state index contributed by atoms with van der Waals surface area (Å²) in [6.45, 7) is 3.35. The van der Waals surface area contributed by atoms with E-state index in [1.807, 2.05) is 6.29 Å². The Labute approximate surface area is 68.6 Å². The molecule has 0 spiro atoms. The van der Waals surface area contributed by atoms with E-state index in [9.17, 15) is 4.79 Å². The van der Waals surface area contributed by atoms with Crippen molar-refractivity contribution in [3.05, 3.63) is 0 Å². The third-order valence-corrected chi connectivity index (χ3v) is 2.69. The Kier molecular flexibility index (Phi) is 3.06. The van der Waals surface area contributed by atoms with Crippen molar-refractivity contribution >= 4 is 6.29 Å². The molecule has 0 aromatic rings. The summed E-state index contributed by atoms with van der Waals surface area (Å²) in [5.74, 6) is 0.596. The number of carbonyl (C=O) groups excluding carboxylic acids is 1. The Balaban J connectivity index is 2.33. The third kappa shape index (κ3) is 2.29. The molecule has 0 saturated carbocycles. The van der Waals surface area contributed by atoms with E-state index in [-0.39, 0.29) is 0 Å². The molecule has 63 valence electrons. The topological polar surface area (TPSA) is 20.3 Å². The molecule has 0 aromatic carbocycles. The fourth-order valence-corrected chi connectivity index (χ4v) is 1.69. The van der Waals surface area contributed by atoms with Gasteiger partial charge in [-0.15, -0.1) is 0 Å². The Morgan fingerprint density at radius 2 is 2.36 bits per heavy atom. The van der Waals surface area contributed by atoms with Crippen LogP contribution < -0.4 is 0 Å². The highest BCUT2D eigenvalue weighted by Crippen LogP contribution is 2.22. The molecule has 2 nitrogen and oxygen atoms in total. The third-order valence-electron chi connectivity index (χ3n) is 2.69. The van der Waals surface area contributed by atoms with Gasteiger partial charge in [-0.25, -0.2) is 0 Å². The monoisotopic (exact) mass is 154 g/mol. The lowest BCUT2D eigenvalue weighted by molar-refractivity contribution is 0.156. The van der Waals surface area contributed by atoms with Gasteiger partial charge in [-0.05, 0) is 39.3 Å². The van der Waals surface area contributed by atoms with Crippen LogP contribution in [0.5, 0.6) is 0 Å². The number of hydrogen-bond acceptors (Lipinski definition) is 2. The van der Waals surface area contributed by atoms with Crippen molar-refractivity contribution in [3.8, 4) is 0 Å². The van der Waals surface area contributed by atoms with E-state index in [4.69, 9.17) is 0 Å². The smallest absolute Gasteiger partial charge is 0.198 e. The zero-order chi connectivity index (χ0) is 8.27. The van der Waals surface area contributed by atoms with E-state index in [1.165, 1.54) is 0 Å². The first-order valence-corrected chi connectivity index (χ1v) is 4.29. The number of hydrogen-bond donors (Lipinski definition) is 0. The van der Waals surface area contributed by atoms with Crippen molar-refractivity contribution in [2.24, 2.45) is 5.92 Å². The molecule has 1 radical (unpaired) electrons. The number of likely N-dealkylation sites (tertiary alicyclic amines) is 1. The average Bonchev–Trinajstić information content (AvgIpc) is 1.98. The molecule has 1 aliphatic heterocycles. The van der Waals surface area contributed by atoms with E-state index in [2.05, 4.69) is 18.9 Å². The van der Waals surface area contributed by atoms with Gasteiger partial charge in [0.05, 0.1) is 0 Å². The predicted octanol–water partition coefficient (Wildman–Crippen LogP) is 1.22. The number of nitrogens with zero attached hydrogens (tertiary/aromatic N) is 1. The molecule has 0 aromatic heterocycles. The highest BCUT2D eigenvalue weighted by Gasteiger charge is 2.21. The van der Waals surface area contributed by atoms with Crippen molar-refractivity contribution in [1.82, 2.24) is 4.90 Å². The second-order valence-electron chi connectivity index (χ2n) is 3.57. The molecule has 1 saturated heterocycles. The Morgan fingerprint density at radius 1 is 1.64 bits per heavy atom. The summed E-state index contributed by atoms with van der Waals surface area (Å²) in [5, 5.41) is 0. The summed E-state index contributed by atoms with van der Waals surface area (Å²) in [5.41, 5.74) is 0. The van der Waals surface area contributed by atoms with Crippen LogP contribution in [0, 0.1) is 5.92 Å². The largest absolute Gasteiger partial charge is 0.304 e. The van der Waals surface area contributed by atoms with Crippen molar-refractivity contribution in [1.29, 1.82) is 0 Å². The molecule has 11 heavy (non-hydrogen) atoms. The molecule has 0 amide bonds. The lowest BCUT2D eigenvalue weighted by Gasteiger charge is -2.34. The van der Waals surface area contributed by atoms with Gasteiger partial charge in [-0.3, -0.25) is 4.79 Å². The van der Waals surface area contributed by atoms with Gasteiger partial charge in [-0.1, -0.05) is 0 Å². The van der Waals surface area contributed by atoms with Gasteiger partial charge < -0.3 is 4.90 Å². The molecule has 0 N–H and O–H groups in total. The molecular weight excluding hydrogens is 138 g/mol. The van der Waals surface area contributed by atoms with Crippen LogP contribution in [0.3, 0.4) is 0 Å². The minimum atomic E-state index is 0.596. The highest BCUT2D eigenvalue weighted by atomic mass is 16.1. The van der Waals surface area contributed by atoms with Crippen molar-refractivity contribution in [2.45, 2.75) is 32.2 Å². The highest BCUT2D eigenvalue weighted by molar-refractivity contribution is 5.50. The summed E-state index contributed by atoms with van der Waals surface area (Å²) in [6.07, 6.45) is 4.96. The fourth-order valence-electron chi connectivity index (χ4n) is 1.69. The van der Waals surface area contributed by atoms with Crippen molar-refractivity contribution in [2.75, 3.05) is 13.6 Å². The Bertz CT molecular complexity index is 136. The minimum Gasteiger partial charge on any atom is -0.304 e. The van der Waals surface area contributed by atoms with Crippen LogP contribution in [-0.2, 0) is 4.79 Å². The number of rotatable bonds is 2. The summed E-state index contributed by atoms with van der Waals surface area (Å²) in [4.78, 5) is 12.5. The molecule has 2 heteroatoms. The van der Waals surface area contributed by atoms with Gasteiger partial charge in [0, 0.05) is 12.5 Å². The van der Waals surface area contributed by atoms with Crippen molar-refractivity contribution < 1.29 is 4.79 Å².